The fourth-order valence-corrected chi connectivity index (χ4v) is 3.38. The Morgan fingerprint density at radius 3 is 2.53 bits per heavy atom. The second-order valence-electron chi connectivity index (χ2n) is 5.38. The monoisotopic (exact) mass is 234 g/mol. The molecular weight excluding hydrogens is 215 g/mol. The van der Waals surface area contributed by atoms with Gasteiger partial charge in [-0.25, -0.2) is 4.39 Å². The summed E-state index contributed by atoms with van der Waals surface area (Å²) in [6, 6.07) is 5.20. The Hall–Kier alpha value is -1.09. The molecule has 2 unspecified atom stereocenters. The number of rotatable bonds is 2. The van der Waals surface area contributed by atoms with E-state index in [1.165, 1.54) is 25.3 Å². The van der Waals surface area contributed by atoms with Crippen LogP contribution in [0.2, 0.25) is 0 Å². The second-order valence-corrected chi connectivity index (χ2v) is 5.38. The highest BCUT2D eigenvalue weighted by Crippen LogP contribution is 2.39. The van der Waals surface area contributed by atoms with Crippen LogP contribution in [-0.2, 0) is 6.54 Å². The van der Waals surface area contributed by atoms with Gasteiger partial charge >= 0.3 is 0 Å². The summed E-state index contributed by atoms with van der Waals surface area (Å²) in [4.78, 5) is 2.33. The van der Waals surface area contributed by atoms with Gasteiger partial charge in [-0.2, -0.15) is 0 Å². The van der Waals surface area contributed by atoms with E-state index in [9.17, 15) is 4.39 Å². The number of hydrogen-bond acceptors (Lipinski definition) is 2. The van der Waals surface area contributed by atoms with Crippen molar-refractivity contribution < 1.29 is 4.39 Å². The lowest BCUT2D eigenvalue weighted by molar-refractivity contribution is 0.494. The van der Waals surface area contributed by atoms with Crippen LogP contribution in [0.15, 0.2) is 18.2 Å². The van der Waals surface area contributed by atoms with Crippen LogP contribution in [-0.4, -0.2) is 13.1 Å². The third kappa shape index (κ3) is 2.04. The van der Waals surface area contributed by atoms with E-state index in [0.717, 1.165) is 36.2 Å². The lowest BCUT2D eigenvalue weighted by Gasteiger charge is -2.20. The Labute approximate surface area is 102 Å². The molecule has 3 rings (SSSR count). The highest BCUT2D eigenvalue weighted by Gasteiger charge is 2.36. The van der Waals surface area contributed by atoms with E-state index in [1.807, 2.05) is 6.07 Å². The van der Waals surface area contributed by atoms with Crippen molar-refractivity contribution in [3.05, 3.63) is 29.6 Å². The number of nitrogens with two attached hydrogens (primary N) is 1. The number of halogens is 1. The molecule has 2 N–H and O–H groups in total. The first kappa shape index (κ1) is 11.0. The predicted molar refractivity (Wildman–Crippen MR) is 67.3 cm³/mol. The molecule has 1 saturated carbocycles. The largest absolute Gasteiger partial charge is 0.371 e. The molecule has 0 spiro atoms. The van der Waals surface area contributed by atoms with Crippen LogP contribution in [0, 0.1) is 17.7 Å². The van der Waals surface area contributed by atoms with Crippen molar-refractivity contribution in [2.45, 2.75) is 25.8 Å². The van der Waals surface area contributed by atoms with E-state index in [0.29, 0.717) is 6.54 Å². The van der Waals surface area contributed by atoms with E-state index < -0.39 is 0 Å². The van der Waals surface area contributed by atoms with Gasteiger partial charge in [0.25, 0.3) is 0 Å². The van der Waals surface area contributed by atoms with Crippen molar-refractivity contribution in [3.63, 3.8) is 0 Å². The van der Waals surface area contributed by atoms with Crippen LogP contribution in [0.5, 0.6) is 0 Å². The molecule has 1 aromatic rings. The van der Waals surface area contributed by atoms with Crippen molar-refractivity contribution in [1.29, 1.82) is 0 Å². The topological polar surface area (TPSA) is 29.3 Å². The number of fused-ring (bicyclic) bond motifs is 1. The maximum Gasteiger partial charge on any atom is 0.125 e. The summed E-state index contributed by atoms with van der Waals surface area (Å²) in [6.07, 6.45) is 4.07. The lowest BCUT2D eigenvalue weighted by Crippen LogP contribution is -2.21. The average molecular weight is 234 g/mol. The quantitative estimate of drug-likeness (QED) is 0.852. The smallest absolute Gasteiger partial charge is 0.125 e. The third-order valence-electron chi connectivity index (χ3n) is 4.27. The summed E-state index contributed by atoms with van der Waals surface area (Å²) in [5.74, 6) is 1.50. The zero-order chi connectivity index (χ0) is 11.8. The number of nitrogens with zero attached hydrogens (tertiary/aromatic N) is 1. The summed E-state index contributed by atoms with van der Waals surface area (Å²) in [5.41, 5.74) is 7.49. The van der Waals surface area contributed by atoms with Crippen molar-refractivity contribution in [1.82, 2.24) is 0 Å². The van der Waals surface area contributed by atoms with Gasteiger partial charge in [0, 0.05) is 25.3 Å². The Kier molecular flexibility index (Phi) is 2.79. The molecule has 1 aliphatic heterocycles. The molecule has 0 amide bonds. The molecule has 1 heterocycles. The van der Waals surface area contributed by atoms with E-state index in [-0.39, 0.29) is 5.82 Å². The van der Waals surface area contributed by atoms with Crippen LogP contribution < -0.4 is 10.6 Å². The van der Waals surface area contributed by atoms with Gasteiger partial charge in [0.1, 0.15) is 5.82 Å². The number of benzene rings is 1. The van der Waals surface area contributed by atoms with Crippen LogP contribution in [0.4, 0.5) is 10.1 Å². The minimum Gasteiger partial charge on any atom is -0.371 e. The molecular formula is C14H19FN2. The number of hydrogen-bond donors (Lipinski definition) is 1. The van der Waals surface area contributed by atoms with E-state index in [1.54, 1.807) is 6.07 Å². The van der Waals surface area contributed by atoms with Crippen molar-refractivity contribution in [2.75, 3.05) is 18.0 Å². The lowest BCUT2D eigenvalue weighted by atomic mass is 10.0. The first-order chi connectivity index (χ1) is 8.26. The second kappa shape index (κ2) is 4.30. The van der Waals surface area contributed by atoms with E-state index in [2.05, 4.69) is 4.90 Å². The summed E-state index contributed by atoms with van der Waals surface area (Å²) in [6.45, 7) is 2.60. The molecule has 92 valence electrons. The van der Waals surface area contributed by atoms with Crippen molar-refractivity contribution in [2.24, 2.45) is 17.6 Å². The summed E-state index contributed by atoms with van der Waals surface area (Å²) in [5, 5.41) is 0. The van der Waals surface area contributed by atoms with Gasteiger partial charge in [-0.3, -0.25) is 0 Å². The minimum absolute atomic E-state index is 0.167. The van der Waals surface area contributed by atoms with Gasteiger partial charge in [0.15, 0.2) is 0 Å². The molecule has 2 atom stereocenters. The van der Waals surface area contributed by atoms with Crippen molar-refractivity contribution in [3.8, 4) is 0 Å². The molecule has 2 nitrogen and oxygen atoms in total. The van der Waals surface area contributed by atoms with Gasteiger partial charge < -0.3 is 10.6 Å². The van der Waals surface area contributed by atoms with Crippen LogP contribution in [0.3, 0.4) is 0 Å². The summed E-state index contributed by atoms with van der Waals surface area (Å²) < 4.78 is 13.5. The van der Waals surface area contributed by atoms with Gasteiger partial charge in [-0.1, -0.05) is 6.42 Å². The molecule has 2 fully saturated rings. The molecule has 17 heavy (non-hydrogen) atoms. The van der Waals surface area contributed by atoms with E-state index in [4.69, 9.17) is 5.73 Å². The van der Waals surface area contributed by atoms with Gasteiger partial charge in [0.2, 0.25) is 0 Å². The Bertz CT molecular complexity index is 407. The summed E-state index contributed by atoms with van der Waals surface area (Å²) in [7, 11) is 0. The number of anilines is 1. The zero-order valence-electron chi connectivity index (χ0n) is 10.0. The molecule has 1 aromatic carbocycles. The molecule has 0 bridgehead atoms. The Morgan fingerprint density at radius 2 is 1.88 bits per heavy atom. The first-order valence-corrected chi connectivity index (χ1v) is 6.51. The van der Waals surface area contributed by atoms with Crippen molar-refractivity contribution >= 4 is 5.69 Å². The molecule has 0 radical (unpaired) electrons. The molecule has 3 heteroatoms. The zero-order valence-corrected chi connectivity index (χ0v) is 10.0. The fourth-order valence-electron chi connectivity index (χ4n) is 3.38. The molecule has 1 aliphatic carbocycles. The highest BCUT2D eigenvalue weighted by atomic mass is 19.1. The first-order valence-electron chi connectivity index (χ1n) is 6.51. The molecule has 2 aliphatic rings. The standard InChI is InChI=1S/C14H19FN2/c15-13-4-10(7-16)5-14(6-13)17-8-11-2-1-3-12(11)9-17/h4-6,11-12H,1-3,7-9,16H2. The van der Waals surface area contributed by atoms with Crippen LogP contribution >= 0.6 is 0 Å². The molecule has 1 saturated heterocycles. The Balaban J connectivity index is 1.82. The maximum atomic E-state index is 13.5. The third-order valence-corrected chi connectivity index (χ3v) is 4.27. The fraction of sp³-hybridized carbons (Fsp3) is 0.571. The minimum atomic E-state index is -0.167. The Morgan fingerprint density at radius 1 is 1.18 bits per heavy atom. The van der Waals surface area contributed by atoms with Crippen LogP contribution in [0.25, 0.3) is 0 Å². The van der Waals surface area contributed by atoms with E-state index >= 15 is 0 Å². The summed E-state index contributed by atoms with van der Waals surface area (Å²) >= 11 is 0. The van der Waals surface area contributed by atoms with Crippen LogP contribution in [0.1, 0.15) is 24.8 Å². The van der Waals surface area contributed by atoms with Gasteiger partial charge in [-0.05, 0) is 48.4 Å². The average Bonchev–Trinajstić information content (AvgIpc) is 2.88. The van der Waals surface area contributed by atoms with Gasteiger partial charge in [0.05, 0.1) is 0 Å². The highest BCUT2D eigenvalue weighted by molar-refractivity contribution is 5.50. The normalized spacial score (nSPS) is 27.5. The maximum absolute atomic E-state index is 13.5. The van der Waals surface area contributed by atoms with Gasteiger partial charge in [-0.15, -0.1) is 0 Å². The predicted octanol–water partition coefficient (Wildman–Crippen LogP) is 2.52. The SMILES string of the molecule is NCc1cc(F)cc(N2CC3CCCC3C2)c1. The molecule has 0 aromatic heterocycles.